The van der Waals surface area contributed by atoms with Gasteiger partial charge in [-0.3, -0.25) is 19.0 Å². The van der Waals surface area contributed by atoms with Gasteiger partial charge in [-0.2, -0.15) is 0 Å². The second-order valence-corrected chi connectivity index (χ2v) is 12.4. The minimum atomic E-state index is -0.773. The average Bonchev–Trinajstić information content (AvgIpc) is 2.99. The van der Waals surface area contributed by atoms with Crippen LogP contribution in [0.5, 0.6) is 5.75 Å². The summed E-state index contributed by atoms with van der Waals surface area (Å²) in [5.74, 6) is -1.41. The number of hydrogen-bond acceptors (Lipinski definition) is 6. The Morgan fingerprint density at radius 3 is 2.56 bits per heavy atom. The van der Waals surface area contributed by atoms with Gasteiger partial charge < -0.3 is 19.8 Å². The van der Waals surface area contributed by atoms with Crippen molar-refractivity contribution in [3.05, 3.63) is 87.9 Å². The van der Waals surface area contributed by atoms with Crippen LogP contribution in [0.4, 0.5) is 15.8 Å². The summed E-state index contributed by atoms with van der Waals surface area (Å²) in [7, 11) is 1.56. The molecule has 7 rings (SSSR count). The van der Waals surface area contributed by atoms with E-state index in [1.807, 2.05) is 36.1 Å². The summed E-state index contributed by atoms with van der Waals surface area (Å²) < 4.78 is 16.7. The van der Waals surface area contributed by atoms with Crippen LogP contribution in [0.25, 0.3) is 28.0 Å². The first-order valence-corrected chi connectivity index (χ1v) is 15.3. The molecule has 0 bridgehead atoms. The number of rotatable bonds is 4. The van der Waals surface area contributed by atoms with Gasteiger partial charge in [0.1, 0.15) is 28.9 Å². The average molecular weight is 628 g/mol. The Bertz CT molecular complexity index is 1970. The molecule has 11 heteroatoms. The zero-order valence-corrected chi connectivity index (χ0v) is 25.6. The van der Waals surface area contributed by atoms with E-state index in [2.05, 4.69) is 6.58 Å². The number of para-hydroxylation sites is 1. The molecule has 2 atom stereocenters. The topological polar surface area (TPSA) is 99.0 Å². The third-order valence-electron chi connectivity index (χ3n) is 9.39. The van der Waals surface area contributed by atoms with Gasteiger partial charge in [0.15, 0.2) is 0 Å². The van der Waals surface area contributed by atoms with Crippen LogP contribution in [-0.4, -0.2) is 63.6 Å². The Kier molecular flexibility index (Phi) is 6.92. The number of amides is 2. The fourth-order valence-electron chi connectivity index (χ4n) is 7.02. The third kappa shape index (κ3) is 4.34. The Morgan fingerprint density at radius 1 is 1.11 bits per heavy atom. The molecule has 45 heavy (non-hydrogen) atoms. The van der Waals surface area contributed by atoms with Gasteiger partial charge in [0, 0.05) is 25.0 Å². The molecule has 2 aromatic heterocycles. The molecule has 4 heterocycles. The van der Waals surface area contributed by atoms with E-state index in [-0.39, 0.29) is 63.7 Å². The van der Waals surface area contributed by atoms with Crippen LogP contribution in [0.3, 0.4) is 0 Å². The van der Waals surface area contributed by atoms with Gasteiger partial charge in [0.25, 0.3) is 11.5 Å². The highest BCUT2D eigenvalue weighted by molar-refractivity contribution is 6.34. The van der Waals surface area contributed by atoms with Crippen molar-refractivity contribution < 1.29 is 19.1 Å². The Morgan fingerprint density at radius 2 is 1.87 bits per heavy atom. The van der Waals surface area contributed by atoms with Crippen molar-refractivity contribution in [3.63, 3.8) is 0 Å². The quantitative estimate of drug-likeness (QED) is 0.305. The van der Waals surface area contributed by atoms with Gasteiger partial charge in [-0.25, -0.2) is 9.37 Å². The maximum atomic E-state index is 15.2. The molecular formula is C34H31ClFN5O4. The second-order valence-electron chi connectivity index (χ2n) is 12.0. The number of aromatic hydroxyl groups is 1. The SMILES string of the molecule is C=CC(=O)N1C[C@@H]2C(=O)N(C)c3c(c4cc(Cl)c(-c5c(O)cccc5F)nc4n(-c4ccccc4C4CCC4)c3=O)N2[C@@H](C)C1. The fourth-order valence-corrected chi connectivity index (χ4v) is 7.27. The molecule has 230 valence electrons. The number of benzene rings is 2. The first-order valence-electron chi connectivity index (χ1n) is 15.0. The third-order valence-corrected chi connectivity index (χ3v) is 9.68. The van der Waals surface area contributed by atoms with Crippen LogP contribution in [0, 0.1) is 5.82 Å². The molecule has 2 fully saturated rings. The van der Waals surface area contributed by atoms with E-state index in [0.29, 0.717) is 23.3 Å². The van der Waals surface area contributed by atoms with Crippen molar-refractivity contribution in [3.8, 4) is 22.7 Å². The molecule has 2 aliphatic heterocycles. The van der Waals surface area contributed by atoms with E-state index in [1.165, 1.54) is 33.7 Å². The van der Waals surface area contributed by atoms with Crippen molar-refractivity contribution in [1.82, 2.24) is 14.5 Å². The highest BCUT2D eigenvalue weighted by Gasteiger charge is 2.46. The predicted molar refractivity (Wildman–Crippen MR) is 172 cm³/mol. The standard InChI is InChI=1S/C34H31ClFN5O4/c1-4-27(43)39-16-18(2)40-25(17-39)33(44)38(3)31-30(40)21-15-22(35)29(28-23(36)12-8-14-26(28)42)37-32(21)41(34(31)45)24-13-6-5-11-20(24)19-9-7-10-19/h4-6,8,11-15,18-19,25,42H,1,7,9-10,16-17H2,2-3H3/t18-,25+/m0/s1. The summed E-state index contributed by atoms with van der Waals surface area (Å²) in [6, 6.07) is 12.1. The van der Waals surface area contributed by atoms with E-state index < -0.39 is 17.4 Å². The molecule has 1 saturated carbocycles. The predicted octanol–water partition coefficient (Wildman–Crippen LogP) is 5.39. The van der Waals surface area contributed by atoms with Gasteiger partial charge in [-0.1, -0.05) is 48.9 Å². The molecule has 0 radical (unpaired) electrons. The smallest absolute Gasteiger partial charge is 0.282 e. The van der Waals surface area contributed by atoms with Crippen molar-refractivity contribution in [2.75, 3.05) is 29.9 Å². The number of nitrogens with zero attached hydrogens (tertiary/aromatic N) is 5. The lowest BCUT2D eigenvalue weighted by Gasteiger charge is -2.50. The minimum absolute atomic E-state index is 0.0137. The molecule has 1 aliphatic carbocycles. The lowest BCUT2D eigenvalue weighted by atomic mass is 9.79. The number of halogens is 2. The zero-order valence-electron chi connectivity index (χ0n) is 24.8. The van der Waals surface area contributed by atoms with Gasteiger partial charge in [0.2, 0.25) is 5.91 Å². The van der Waals surface area contributed by atoms with Crippen LogP contribution >= 0.6 is 11.6 Å². The fraction of sp³-hybridized carbons (Fsp3) is 0.294. The molecule has 1 N–H and O–H groups in total. The minimum Gasteiger partial charge on any atom is -0.507 e. The number of anilines is 2. The number of phenolic OH excluding ortho intramolecular Hbond substituents is 1. The van der Waals surface area contributed by atoms with E-state index in [0.717, 1.165) is 24.8 Å². The van der Waals surface area contributed by atoms with Crippen molar-refractivity contribution in [2.45, 2.75) is 44.2 Å². The Labute approximate surface area is 263 Å². The second kappa shape index (κ2) is 10.7. The number of aromatic nitrogens is 2. The van der Waals surface area contributed by atoms with Crippen LogP contribution in [0.2, 0.25) is 5.02 Å². The first-order chi connectivity index (χ1) is 21.6. The molecule has 9 nitrogen and oxygen atoms in total. The molecule has 0 unspecified atom stereocenters. The number of carbonyl (C=O) groups is 2. The highest BCUT2D eigenvalue weighted by Crippen LogP contribution is 2.46. The maximum absolute atomic E-state index is 15.2. The first kappa shape index (κ1) is 29.0. The summed E-state index contributed by atoms with van der Waals surface area (Å²) >= 11 is 6.85. The largest absolute Gasteiger partial charge is 0.507 e. The lowest BCUT2D eigenvalue weighted by molar-refractivity contribution is -0.129. The number of carbonyl (C=O) groups excluding carboxylic acids is 2. The van der Waals surface area contributed by atoms with E-state index >= 15 is 4.39 Å². The normalized spacial score (nSPS) is 19.7. The van der Waals surface area contributed by atoms with E-state index in [4.69, 9.17) is 16.6 Å². The van der Waals surface area contributed by atoms with Crippen molar-refractivity contribution >= 4 is 45.8 Å². The summed E-state index contributed by atoms with van der Waals surface area (Å²) in [5, 5.41) is 11.2. The van der Waals surface area contributed by atoms with Crippen molar-refractivity contribution in [2.24, 2.45) is 0 Å². The molecule has 4 aromatic rings. The maximum Gasteiger partial charge on any atom is 0.282 e. The van der Waals surface area contributed by atoms with Crippen molar-refractivity contribution in [1.29, 1.82) is 0 Å². The molecule has 3 aliphatic rings. The molecule has 1 saturated heterocycles. The summed E-state index contributed by atoms with van der Waals surface area (Å²) in [5.41, 5.74) is 1.80. The van der Waals surface area contributed by atoms with Gasteiger partial charge in [0.05, 0.1) is 34.2 Å². The van der Waals surface area contributed by atoms with Gasteiger partial charge >= 0.3 is 0 Å². The molecular weight excluding hydrogens is 597 g/mol. The van der Waals surface area contributed by atoms with Crippen LogP contribution < -0.4 is 15.4 Å². The Balaban J connectivity index is 1.58. The van der Waals surface area contributed by atoms with Crippen LogP contribution in [0.1, 0.15) is 37.7 Å². The molecule has 2 amide bonds. The number of phenols is 1. The number of hydrogen-bond donors (Lipinski definition) is 1. The Hall–Kier alpha value is -4.70. The number of fused-ring (bicyclic) bond motifs is 5. The molecule has 2 aromatic carbocycles. The summed E-state index contributed by atoms with van der Waals surface area (Å²) in [4.78, 5) is 51.0. The van der Waals surface area contributed by atoms with E-state index in [9.17, 15) is 19.5 Å². The number of pyridine rings is 2. The van der Waals surface area contributed by atoms with Gasteiger partial charge in [-0.05, 0) is 61.6 Å². The summed E-state index contributed by atoms with van der Waals surface area (Å²) in [6.07, 6.45) is 4.27. The summed E-state index contributed by atoms with van der Waals surface area (Å²) in [6.45, 7) is 5.90. The van der Waals surface area contributed by atoms with Crippen LogP contribution in [-0.2, 0) is 9.59 Å². The monoisotopic (exact) mass is 627 g/mol. The number of likely N-dealkylation sites (N-methyl/N-ethyl adjacent to an activating group) is 1. The zero-order chi connectivity index (χ0) is 31.7. The number of piperazine rings is 1. The van der Waals surface area contributed by atoms with E-state index in [1.54, 1.807) is 18.0 Å². The lowest BCUT2D eigenvalue weighted by Crippen LogP contribution is -2.66. The van der Waals surface area contributed by atoms with Crippen LogP contribution in [0.15, 0.2) is 66.0 Å². The van der Waals surface area contributed by atoms with Gasteiger partial charge in [-0.15, -0.1) is 0 Å². The highest BCUT2D eigenvalue weighted by atomic mass is 35.5. The molecule has 0 spiro atoms.